The lowest BCUT2D eigenvalue weighted by molar-refractivity contribution is 0.284. The molecule has 2 heterocycles. The van der Waals surface area contributed by atoms with Gasteiger partial charge in [-0.15, -0.1) is 0 Å². The molecule has 0 saturated heterocycles. The highest BCUT2D eigenvalue weighted by molar-refractivity contribution is 7.89. The number of sulfonamides is 1. The number of hydrogen-bond donors (Lipinski definition) is 3. The van der Waals surface area contributed by atoms with Gasteiger partial charge in [-0.1, -0.05) is 35.3 Å². The maximum Gasteiger partial charge on any atom is 0.240 e. The second-order valence-electron chi connectivity index (χ2n) is 10.2. The van der Waals surface area contributed by atoms with Crippen LogP contribution in [0, 0.1) is 11.8 Å². The van der Waals surface area contributed by atoms with Crippen molar-refractivity contribution in [1.29, 1.82) is 0 Å². The maximum atomic E-state index is 12.7. The Hall–Kier alpha value is -2.92. The minimum atomic E-state index is -3.66. The van der Waals surface area contributed by atoms with E-state index in [1.807, 2.05) is 36.8 Å². The van der Waals surface area contributed by atoms with Crippen LogP contribution in [0.15, 0.2) is 66.1 Å². The predicted molar refractivity (Wildman–Crippen MR) is 160 cm³/mol. The third-order valence-electron chi connectivity index (χ3n) is 7.27. The normalized spacial score (nSPS) is 17.6. The van der Waals surface area contributed by atoms with Crippen molar-refractivity contribution in [3.05, 3.63) is 71.2 Å². The van der Waals surface area contributed by atoms with Crippen molar-refractivity contribution in [2.75, 3.05) is 30.3 Å². The zero-order chi connectivity index (χ0) is 28.0. The molecule has 0 aliphatic heterocycles. The largest absolute Gasteiger partial charge is 0.369 e. The molecule has 3 N–H and O–H groups in total. The Morgan fingerprint density at radius 2 is 1.65 bits per heavy atom. The van der Waals surface area contributed by atoms with Crippen molar-refractivity contribution in [2.24, 2.45) is 11.8 Å². The molecule has 212 valence electrons. The molecule has 40 heavy (non-hydrogen) atoms. The molecule has 2 aromatic carbocycles. The number of aromatic nitrogens is 4. The molecule has 0 amide bonds. The van der Waals surface area contributed by atoms with Crippen LogP contribution in [-0.2, 0) is 16.6 Å². The minimum absolute atomic E-state index is 0.0883. The molecule has 1 saturated carbocycles. The van der Waals surface area contributed by atoms with Crippen molar-refractivity contribution in [2.45, 2.75) is 43.5 Å². The van der Waals surface area contributed by atoms with Crippen molar-refractivity contribution in [3.63, 3.8) is 0 Å². The molecule has 0 radical (unpaired) electrons. The van der Waals surface area contributed by atoms with Crippen LogP contribution >= 0.6 is 23.2 Å². The fraction of sp³-hybridized carbons (Fsp3) is 0.393. The summed E-state index contributed by atoms with van der Waals surface area (Å²) in [5, 5.41) is 8.53. The monoisotopic (exact) mass is 601 g/mol. The highest BCUT2D eigenvalue weighted by Gasteiger charge is 2.24. The van der Waals surface area contributed by atoms with Crippen LogP contribution in [-0.4, -0.2) is 47.6 Å². The van der Waals surface area contributed by atoms with Gasteiger partial charge in [0.1, 0.15) is 5.82 Å². The summed E-state index contributed by atoms with van der Waals surface area (Å²) in [6.07, 6.45) is 10.4. The van der Waals surface area contributed by atoms with E-state index in [0.29, 0.717) is 28.5 Å². The highest BCUT2D eigenvalue weighted by Crippen LogP contribution is 2.30. The summed E-state index contributed by atoms with van der Waals surface area (Å²) in [6.45, 7) is 2.85. The lowest BCUT2D eigenvalue weighted by Gasteiger charge is -2.28. The first-order valence-electron chi connectivity index (χ1n) is 13.5. The third kappa shape index (κ3) is 7.63. The molecule has 1 aliphatic carbocycles. The zero-order valence-corrected chi connectivity index (χ0v) is 24.4. The molecule has 0 atom stereocenters. The first-order valence-corrected chi connectivity index (χ1v) is 15.8. The van der Waals surface area contributed by atoms with E-state index in [1.54, 1.807) is 6.20 Å². The Bertz CT molecular complexity index is 1500. The molecule has 9 nitrogen and oxygen atoms in total. The summed E-state index contributed by atoms with van der Waals surface area (Å²) in [5.74, 6) is 2.21. The van der Waals surface area contributed by atoms with Crippen molar-refractivity contribution >= 4 is 55.9 Å². The smallest absolute Gasteiger partial charge is 0.240 e. The number of imidazole rings is 1. The molecule has 1 aliphatic rings. The zero-order valence-electron chi connectivity index (χ0n) is 22.1. The Morgan fingerprint density at radius 1 is 0.925 bits per heavy atom. The summed E-state index contributed by atoms with van der Waals surface area (Å²) < 4.78 is 30.2. The van der Waals surface area contributed by atoms with Gasteiger partial charge in [-0.05, 0) is 74.3 Å². The van der Waals surface area contributed by atoms with E-state index >= 15 is 0 Å². The minimum Gasteiger partial charge on any atom is -0.369 e. The molecule has 4 aromatic rings. The van der Waals surface area contributed by atoms with Crippen molar-refractivity contribution in [3.8, 4) is 0 Å². The summed E-state index contributed by atoms with van der Waals surface area (Å²) in [5.41, 5.74) is 0.897. The van der Waals surface area contributed by atoms with Gasteiger partial charge in [0.05, 0.1) is 16.7 Å². The van der Waals surface area contributed by atoms with Crippen LogP contribution in [0.3, 0.4) is 0 Å². The van der Waals surface area contributed by atoms with E-state index in [1.165, 1.54) is 18.2 Å². The number of nitrogens with one attached hydrogen (secondary N) is 3. The molecule has 0 spiro atoms. The number of para-hydroxylation sites is 1. The van der Waals surface area contributed by atoms with Gasteiger partial charge in [0, 0.05) is 54.0 Å². The van der Waals surface area contributed by atoms with E-state index in [0.717, 1.165) is 68.5 Å². The molecule has 0 unspecified atom stereocenters. The second-order valence-corrected chi connectivity index (χ2v) is 12.9. The lowest BCUT2D eigenvalue weighted by atomic mass is 9.82. The predicted octanol–water partition coefficient (Wildman–Crippen LogP) is 5.83. The molecule has 12 heteroatoms. The van der Waals surface area contributed by atoms with E-state index in [4.69, 9.17) is 33.2 Å². The van der Waals surface area contributed by atoms with Crippen LogP contribution < -0.4 is 15.4 Å². The molecule has 1 fully saturated rings. The Labute approximate surface area is 244 Å². The highest BCUT2D eigenvalue weighted by atomic mass is 35.5. The van der Waals surface area contributed by atoms with Crippen LogP contribution in [0.2, 0.25) is 10.0 Å². The Morgan fingerprint density at radius 3 is 2.38 bits per heavy atom. The van der Waals surface area contributed by atoms with Crippen LogP contribution in [0.5, 0.6) is 0 Å². The quantitative estimate of drug-likeness (QED) is 0.175. The van der Waals surface area contributed by atoms with E-state index in [2.05, 4.69) is 24.9 Å². The number of anilines is 2. The molecular formula is C28H33Cl2N7O2S. The topological polar surface area (TPSA) is 114 Å². The number of nitrogens with zero attached hydrogens (tertiary/aromatic N) is 4. The second kappa shape index (κ2) is 13.2. The van der Waals surface area contributed by atoms with Gasteiger partial charge in [-0.3, -0.25) is 0 Å². The Kier molecular flexibility index (Phi) is 9.41. The van der Waals surface area contributed by atoms with Gasteiger partial charge in [-0.2, -0.15) is 4.98 Å². The molecule has 5 rings (SSSR count). The van der Waals surface area contributed by atoms with Gasteiger partial charge in [0.15, 0.2) is 0 Å². The van der Waals surface area contributed by atoms with Crippen LogP contribution in [0.25, 0.3) is 10.9 Å². The number of halogens is 2. The molecular weight excluding hydrogens is 569 g/mol. The summed E-state index contributed by atoms with van der Waals surface area (Å²) in [6, 6.07) is 12.4. The van der Waals surface area contributed by atoms with Crippen LogP contribution in [0.1, 0.15) is 32.1 Å². The summed E-state index contributed by atoms with van der Waals surface area (Å²) in [7, 11) is -3.66. The summed E-state index contributed by atoms with van der Waals surface area (Å²) >= 11 is 12.0. The number of benzene rings is 2. The van der Waals surface area contributed by atoms with Crippen molar-refractivity contribution < 1.29 is 8.42 Å². The number of rotatable bonds is 12. The fourth-order valence-corrected chi connectivity index (χ4v) is 6.89. The maximum absolute atomic E-state index is 12.7. The number of fused-ring (bicyclic) bond motifs is 1. The fourth-order valence-electron chi connectivity index (χ4n) is 5.05. The first-order chi connectivity index (χ1) is 19.4. The standard InChI is InChI=1S/C28H33Cl2N7O2S/c29-22-14-23(30)16-24(15-22)40(38,39)34-18-21-8-6-20(7-9-21)17-33-28-35-26-5-2-1-4-25(26)27(36-28)32-10-3-12-37-13-11-31-19-37/h1-2,4-5,11,13-16,19-21,34H,3,6-10,12,17-18H2,(H2,32,33,35,36). The van der Waals surface area contributed by atoms with Crippen molar-refractivity contribution in [1.82, 2.24) is 24.2 Å². The number of aryl methyl sites for hydroxylation is 1. The van der Waals surface area contributed by atoms with Gasteiger partial charge in [-0.25, -0.2) is 23.1 Å². The SMILES string of the molecule is O=S(=O)(NCC1CCC(CNc2nc(NCCCn3ccnc3)c3ccccc3n2)CC1)c1cc(Cl)cc(Cl)c1. The van der Waals surface area contributed by atoms with E-state index < -0.39 is 10.0 Å². The lowest BCUT2D eigenvalue weighted by Crippen LogP contribution is -2.32. The number of hydrogen-bond acceptors (Lipinski definition) is 7. The van der Waals surface area contributed by atoms with E-state index in [9.17, 15) is 8.42 Å². The van der Waals surface area contributed by atoms with E-state index in [-0.39, 0.29) is 10.8 Å². The first kappa shape index (κ1) is 28.6. The van der Waals surface area contributed by atoms with Gasteiger partial charge < -0.3 is 15.2 Å². The van der Waals surface area contributed by atoms with Gasteiger partial charge in [0.25, 0.3) is 0 Å². The van der Waals surface area contributed by atoms with Gasteiger partial charge in [0.2, 0.25) is 16.0 Å². The molecule has 0 bridgehead atoms. The van der Waals surface area contributed by atoms with Gasteiger partial charge >= 0.3 is 0 Å². The average molecular weight is 603 g/mol. The molecule has 2 aromatic heterocycles. The Balaban J connectivity index is 1.11. The average Bonchev–Trinajstić information content (AvgIpc) is 3.47. The third-order valence-corrected chi connectivity index (χ3v) is 9.11. The van der Waals surface area contributed by atoms with Crippen LogP contribution in [0.4, 0.5) is 11.8 Å². The summed E-state index contributed by atoms with van der Waals surface area (Å²) in [4.78, 5) is 13.7.